The van der Waals surface area contributed by atoms with Crippen LogP contribution in [-0.4, -0.2) is 18.1 Å². The van der Waals surface area contributed by atoms with Gasteiger partial charge in [-0.15, -0.1) is 0 Å². The fourth-order valence-electron chi connectivity index (χ4n) is 0.828. The Kier molecular flexibility index (Phi) is 4.30. The summed E-state index contributed by atoms with van der Waals surface area (Å²) < 4.78 is 0. The van der Waals surface area contributed by atoms with Crippen LogP contribution < -0.4 is 16.6 Å². The van der Waals surface area contributed by atoms with Crippen LogP contribution in [0.4, 0.5) is 0 Å². The summed E-state index contributed by atoms with van der Waals surface area (Å²) in [5, 5.41) is 0. The molecule has 66 valence electrons. The van der Waals surface area contributed by atoms with Gasteiger partial charge in [-0.05, 0) is 11.6 Å². The van der Waals surface area contributed by atoms with Gasteiger partial charge in [-0.1, -0.05) is 6.07 Å². The summed E-state index contributed by atoms with van der Waals surface area (Å²) in [6.45, 7) is 2.19. The van der Waals surface area contributed by atoms with Gasteiger partial charge in [0.15, 0.2) is 0 Å². The molecule has 1 rings (SSSR count). The monoisotopic (exact) mass is 166 g/mol. The van der Waals surface area contributed by atoms with E-state index in [0.29, 0.717) is 6.54 Å². The van der Waals surface area contributed by atoms with Crippen LogP contribution in [0.2, 0.25) is 0 Å². The van der Waals surface area contributed by atoms with Crippen LogP contribution in [0.15, 0.2) is 24.5 Å². The lowest BCUT2D eigenvalue weighted by Crippen LogP contribution is -2.35. The second-order valence-corrected chi connectivity index (χ2v) is 2.43. The number of hydrogen-bond acceptors (Lipinski definition) is 4. The number of hydrazine groups is 1. The Balaban J connectivity index is 2.16. The van der Waals surface area contributed by atoms with Gasteiger partial charge >= 0.3 is 0 Å². The molecule has 0 aliphatic heterocycles. The first-order valence-corrected chi connectivity index (χ1v) is 3.98. The lowest BCUT2D eigenvalue weighted by molar-refractivity contribution is 0.537. The van der Waals surface area contributed by atoms with Crippen molar-refractivity contribution in [2.24, 2.45) is 5.73 Å². The third kappa shape index (κ3) is 3.43. The van der Waals surface area contributed by atoms with Crippen molar-refractivity contribution < 1.29 is 0 Å². The molecule has 0 fully saturated rings. The first-order valence-electron chi connectivity index (χ1n) is 3.98. The highest BCUT2D eigenvalue weighted by molar-refractivity contribution is 5.07. The van der Waals surface area contributed by atoms with Crippen molar-refractivity contribution in [1.82, 2.24) is 15.8 Å². The van der Waals surface area contributed by atoms with E-state index in [1.807, 2.05) is 18.3 Å². The predicted molar refractivity (Wildman–Crippen MR) is 48.1 cm³/mol. The topological polar surface area (TPSA) is 63.0 Å². The standard InChI is InChI=1S/C8H14N4/c9-3-5-11-12-7-8-2-1-4-10-6-8/h1-2,4,6,11-12H,3,5,7,9H2. The van der Waals surface area contributed by atoms with Crippen LogP contribution in [0.3, 0.4) is 0 Å². The molecule has 0 aliphatic rings. The van der Waals surface area contributed by atoms with Crippen molar-refractivity contribution in [1.29, 1.82) is 0 Å². The van der Waals surface area contributed by atoms with E-state index in [1.54, 1.807) is 6.20 Å². The van der Waals surface area contributed by atoms with Crippen LogP contribution in [0.25, 0.3) is 0 Å². The molecule has 0 radical (unpaired) electrons. The summed E-state index contributed by atoms with van der Waals surface area (Å²) in [6.07, 6.45) is 3.59. The Morgan fingerprint density at radius 2 is 2.33 bits per heavy atom. The van der Waals surface area contributed by atoms with Crippen molar-refractivity contribution in [2.45, 2.75) is 6.54 Å². The van der Waals surface area contributed by atoms with E-state index in [9.17, 15) is 0 Å². The average molecular weight is 166 g/mol. The Morgan fingerprint density at radius 3 is 3.00 bits per heavy atom. The van der Waals surface area contributed by atoms with E-state index in [2.05, 4.69) is 15.8 Å². The minimum Gasteiger partial charge on any atom is -0.329 e. The molecule has 0 aliphatic carbocycles. The molecular formula is C8H14N4. The molecule has 0 saturated heterocycles. The van der Waals surface area contributed by atoms with Crippen LogP contribution >= 0.6 is 0 Å². The highest BCUT2D eigenvalue weighted by Gasteiger charge is 1.88. The van der Waals surface area contributed by atoms with Gasteiger partial charge in [-0.3, -0.25) is 15.8 Å². The summed E-state index contributed by atoms with van der Waals surface area (Å²) in [4.78, 5) is 3.99. The third-order valence-corrected chi connectivity index (χ3v) is 1.41. The molecule has 12 heavy (non-hydrogen) atoms. The van der Waals surface area contributed by atoms with Crippen LogP contribution in [0.1, 0.15) is 5.56 Å². The van der Waals surface area contributed by atoms with Crippen LogP contribution in [0.5, 0.6) is 0 Å². The molecule has 4 nitrogen and oxygen atoms in total. The number of rotatable bonds is 5. The van der Waals surface area contributed by atoms with Crippen molar-refractivity contribution >= 4 is 0 Å². The fourth-order valence-corrected chi connectivity index (χ4v) is 0.828. The van der Waals surface area contributed by atoms with Gasteiger partial charge < -0.3 is 5.73 Å². The van der Waals surface area contributed by atoms with Crippen molar-refractivity contribution in [3.05, 3.63) is 30.1 Å². The lowest BCUT2D eigenvalue weighted by atomic mass is 10.3. The maximum absolute atomic E-state index is 5.29. The van der Waals surface area contributed by atoms with E-state index in [0.717, 1.165) is 18.7 Å². The Bertz CT molecular complexity index is 199. The summed E-state index contributed by atoms with van der Waals surface area (Å²) in [5.41, 5.74) is 12.5. The maximum Gasteiger partial charge on any atom is 0.0366 e. The number of nitrogens with zero attached hydrogens (tertiary/aromatic N) is 1. The van der Waals surface area contributed by atoms with Gasteiger partial charge in [-0.2, -0.15) is 0 Å². The zero-order valence-corrected chi connectivity index (χ0v) is 6.96. The number of nitrogens with one attached hydrogen (secondary N) is 2. The quantitative estimate of drug-likeness (QED) is 0.413. The molecule has 0 atom stereocenters. The molecule has 4 N–H and O–H groups in total. The second kappa shape index (κ2) is 5.65. The summed E-state index contributed by atoms with van der Waals surface area (Å²) in [6, 6.07) is 3.93. The molecule has 0 amide bonds. The molecule has 4 heteroatoms. The third-order valence-electron chi connectivity index (χ3n) is 1.41. The average Bonchev–Trinajstić information content (AvgIpc) is 2.14. The highest BCUT2D eigenvalue weighted by Crippen LogP contribution is 1.92. The first-order chi connectivity index (χ1) is 5.93. The van der Waals surface area contributed by atoms with E-state index in [1.165, 1.54) is 0 Å². The summed E-state index contributed by atoms with van der Waals surface area (Å²) in [5.74, 6) is 0. The molecule has 1 aromatic heterocycles. The number of aromatic nitrogens is 1. The van der Waals surface area contributed by atoms with Crippen molar-refractivity contribution in [2.75, 3.05) is 13.1 Å². The van der Waals surface area contributed by atoms with Crippen molar-refractivity contribution in [3.63, 3.8) is 0 Å². The SMILES string of the molecule is NCCNNCc1cccnc1. The Labute approximate surface area is 72.2 Å². The predicted octanol–water partition coefficient (Wildman–Crippen LogP) is -0.365. The minimum atomic E-state index is 0.639. The number of nitrogens with two attached hydrogens (primary N) is 1. The summed E-state index contributed by atoms with van der Waals surface area (Å²) >= 11 is 0. The van der Waals surface area contributed by atoms with E-state index in [4.69, 9.17) is 5.73 Å². The highest BCUT2D eigenvalue weighted by atomic mass is 15.3. The summed E-state index contributed by atoms with van der Waals surface area (Å²) in [7, 11) is 0. The fraction of sp³-hybridized carbons (Fsp3) is 0.375. The Hall–Kier alpha value is -0.970. The van der Waals surface area contributed by atoms with E-state index >= 15 is 0 Å². The molecule has 1 aromatic rings. The molecule has 0 unspecified atom stereocenters. The number of hydrogen-bond donors (Lipinski definition) is 3. The van der Waals surface area contributed by atoms with Gasteiger partial charge in [0, 0.05) is 32.0 Å². The van der Waals surface area contributed by atoms with E-state index < -0.39 is 0 Å². The lowest BCUT2D eigenvalue weighted by Gasteiger charge is -2.04. The van der Waals surface area contributed by atoms with Gasteiger partial charge in [0.2, 0.25) is 0 Å². The maximum atomic E-state index is 5.29. The van der Waals surface area contributed by atoms with Crippen molar-refractivity contribution in [3.8, 4) is 0 Å². The van der Waals surface area contributed by atoms with Gasteiger partial charge in [-0.25, -0.2) is 0 Å². The molecule has 0 bridgehead atoms. The molecule has 1 heterocycles. The molecule has 0 spiro atoms. The van der Waals surface area contributed by atoms with E-state index in [-0.39, 0.29) is 0 Å². The largest absolute Gasteiger partial charge is 0.329 e. The second-order valence-electron chi connectivity index (χ2n) is 2.43. The number of pyridine rings is 1. The van der Waals surface area contributed by atoms with Gasteiger partial charge in [0.25, 0.3) is 0 Å². The van der Waals surface area contributed by atoms with Crippen LogP contribution in [-0.2, 0) is 6.54 Å². The zero-order valence-electron chi connectivity index (χ0n) is 6.96. The normalized spacial score (nSPS) is 10.1. The minimum absolute atomic E-state index is 0.639. The smallest absolute Gasteiger partial charge is 0.0366 e. The van der Waals surface area contributed by atoms with Gasteiger partial charge in [0.1, 0.15) is 0 Å². The zero-order chi connectivity index (χ0) is 8.65. The molecular weight excluding hydrogens is 152 g/mol. The molecule has 0 saturated carbocycles. The van der Waals surface area contributed by atoms with Gasteiger partial charge in [0.05, 0.1) is 0 Å². The molecule has 0 aromatic carbocycles. The first kappa shape index (κ1) is 9.12. The van der Waals surface area contributed by atoms with Crippen LogP contribution in [0, 0.1) is 0 Å². The Morgan fingerprint density at radius 1 is 1.42 bits per heavy atom.